The molecule has 2 amide bonds. The predicted molar refractivity (Wildman–Crippen MR) is 138 cm³/mol. The molecular weight excluding hydrogens is 513 g/mol. The third-order valence-electron chi connectivity index (χ3n) is 5.34. The summed E-state index contributed by atoms with van der Waals surface area (Å²) < 4.78 is 1.07. The van der Waals surface area contributed by atoms with E-state index in [9.17, 15) is 9.59 Å². The summed E-state index contributed by atoms with van der Waals surface area (Å²) in [5, 5.41) is 5.88. The first-order chi connectivity index (χ1) is 15.5. The van der Waals surface area contributed by atoms with Gasteiger partial charge in [0.2, 0.25) is 0 Å². The number of amides is 2. The first-order valence-electron chi connectivity index (χ1n) is 10.7. The molecule has 5 nitrogen and oxygen atoms in total. The second kappa shape index (κ2) is 11.8. The topological polar surface area (TPSA) is 61.4 Å². The maximum absolute atomic E-state index is 12.8. The molecule has 3 aromatic rings. The van der Waals surface area contributed by atoms with Gasteiger partial charge < -0.3 is 10.6 Å². The summed E-state index contributed by atoms with van der Waals surface area (Å²) in [5.74, 6) is -0.378. The average Bonchev–Trinajstić information content (AvgIpc) is 2.82. The lowest BCUT2D eigenvalue weighted by molar-refractivity contribution is 0.0949. The van der Waals surface area contributed by atoms with Crippen molar-refractivity contribution in [2.45, 2.75) is 26.9 Å². The average molecular weight is 541 g/mol. The molecule has 0 bridgehead atoms. The van der Waals surface area contributed by atoms with Crippen LogP contribution in [-0.4, -0.2) is 29.8 Å². The van der Waals surface area contributed by atoms with Crippen LogP contribution in [0.5, 0.6) is 0 Å². The normalized spacial score (nSPS) is 10.8. The summed E-state index contributed by atoms with van der Waals surface area (Å²) in [6.45, 7) is 7.58. The van der Waals surface area contributed by atoms with Gasteiger partial charge in [0, 0.05) is 33.5 Å². The minimum Gasteiger partial charge on any atom is -0.348 e. The fourth-order valence-corrected chi connectivity index (χ4v) is 3.75. The van der Waals surface area contributed by atoms with E-state index >= 15 is 0 Å². The Morgan fingerprint density at radius 2 is 1.50 bits per heavy atom. The van der Waals surface area contributed by atoms with Crippen molar-refractivity contribution in [2.75, 3.05) is 18.4 Å². The Morgan fingerprint density at radius 1 is 0.812 bits per heavy atom. The molecule has 0 aliphatic heterocycles. The first-order valence-corrected chi connectivity index (χ1v) is 11.8. The number of rotatable bonds is 9. The molecule has 0 heterocycles. The molecule has 0 aromatic heterocycles. The lowest BCUT2D eigenvalue weighted by Gasteiger charge is -2.20. The van der Waals surface area contributed by atoms with Crippen LogP contribution < -0.4 is 10.6 Å². The Balaban J connectivity index is 1.64. The van der Waals surface area contributed by atoms with Gasteiger partial charge in [-0.1, -0.05) is 44.2 Å². The molecule has 0 aliphatic rings. The molecule has 6 heteroatoms. The van der Waals surface area contributed by atoms with Crippen LogP contribution in [-0.2, 0) is 13.1 Å². The van der Waals surface area contributed by atoms with E-state index in [1.165, 1.54) is 5.56 Å². The molecule has 2 N–H and O–H groups in total. The Hall–Kier alpha value is -2.71. The molecule has 0 spiro atoms. The third-order valence-corrected chi connectivity index (χ3v) is 6.05. The van der Waals surface area contributed by atoms with Crippen molar-refractivity contribution < 1.29 is 9.59 Å². The fourth-order valence-electron chi connectivity index (χ4n) is 3.39. The Bertz CT molecular complexity index is 1060. The minimum absolute atomic E-state index is 0.173. The molecule has 0 saturated heterocycles. The zero-order chi connectivity index (χ0) is 22.9. The number of hydrogen-bond acceptors (Lipinski definition) is 3. The van der Waals surface area contributed by atoms with E-state index in [-0.39, 0.29) is 11.8 Å². The first kappa shape index (κ1) is 23.9. The molecule has 3 rings (SSSR count). The molecule has 0 saturated carbocycles. The van der Waals surface area contributed by atoms with Crippen LogP contribution in [0, 0.1) is 3.57 Å². The van der Waals surface area contributed by atoms with Crippen molar-refractivity contribution in [3.8, 4) is 0 Å². The van der Waals surface area contributed by atoms with Gasteiger partial charge in [-0.15, -0.1) is 0 Å². The molecule has 0 unspecified atom stereocenters. The zero-order valence-electron chi connectivity index (χ0n) is 18.4. The van der Waals surface area contributed by atoms with Crippen molar-refractivity contribution in [2.24, 2.45) is 0 Å². The Labute approximate surface area is 203 Å². The maximum Gasteiger partial charge on any atom is 0.255 e. The maximum atomic E-state index is 12.8. The predicted octanol–water partition coefficient (Wildman–Crippen LogP) is 5.32. The van der Waals surface area contributed by atoms with Crippen LogP contribution in [0.15, 0.2) is 72.8 Å². The van der Waals surface area contributed by atoms with Crippen LogP contribution >= 0.6 is 22.6 Å². The van der Waals surface area contributed by atoms with E-state index in [0.717, 1.165) is 28.8 Å². The van der Waals surface area contributed by atoms with Gasteiger partial charge in [-0.2, -0.15) is 0 Å². The Kier molecular flexibility index (Phi) is 8.81. The minimum atomic E-state index is -0.204. The highest BCUT2D eigenvalue weighted by Crippen LogP contribution is 2.15. The second-order valence-corrected chi connectivity index (χ2v) is 8.70. The van der Waals surface area contributed by atoms with Gasteiger partial charge >= 0.3 is 0 Å². The zero-order valence-corrected chi connectivity index (χ0v) is 20.6. The van der Waals surface area contributed by atoms with E-state index in [1.807, 2.05) is 24.3 Å². The van der Waals surface area contributed by atoms with E-state index < -0.39 is 0 Å². The molecule has 0 aliphatic carbocycles. The van der Waals surface area contributed by atoms with Gasteiger partial charge in [0.1, 0.15) is 0 Å². The molecule has 0 atom stereocenters. The summed E-state index contributed by atoms with van der Waals surface area (Å²) >= 11 is 2.20. The van der Waals surface area contributed by atoms with E-state index in [0.29, 0.717) is 23.4 Å². The smallest absolute Gasteiger partial charge is 0.255 e. The summed E-state index contributed by atoms with van der Waals surface area (Å²) in [6, 6.07) is 22.5. The number of anilines is 1. The highest BCUT2D eigenvalue weighted by molar-refractivity contribution is 14.1. The third kappa shape index (κ3) is 6.64. The van der Waals surface area contributed by atoms with Crippen LogP contribution in [0.4, 0.5) is 5.69 Å². The summed E-state index contributed by atoms with van der Waals surface area (Å²) in [4.78, 5) is 27.6. The van der Waals surface area contributed by atoms with E-state index in [2.05, 4.69) is 64.1 Å². The van der Waals surface area contributed by atoms with Crippen LogP contribution in [0.25, 0.3) is 0 Å². The van der Waals surface area contributed by atoms with Crippen LogP contribution in [0.3, 0.4) is 0 Å². The van der Waals surface area contributed by atoms with Crippen molar-refractivity contribution >= 4 is 40.1 Å². The molecule has 32 heavy (non-hydrogen) atoms. The quantitative estimate of drug-likeness (QED) is 0.361. The lowest BCUT2D eigenvalue weighted by Crippen LogP contribution is -2.26. The highest BCUT2D eigenvalue weighted by atomic mass is 127. The van der Waals surface area contributed by atoms with Crippen molar-refractivity contribution in [1.29, 1.82) is 0 Å². The SMILES string of the molecule is CCN(CC)Cc1ccccc1CNC(=O)c1cccc(NC(=O)c2ccc(I)cc2)c1. The van der Waals surface area contributed by atoms with Crippen molar-refractivity contribution in [1.82, 2.24) is 10.2 Å². The number of nitrogens with one attached hydrogen (secondary N) is 2. The van der Waals surface area contributed by atoms with Crippen LogP contribution in [0.2, 0.25) is 0 Å². The highest BCUT2D eigenvalue weighted by Gasteiger charge is 2.11. The van der Waals surface area contributed by atoms with E-state index in [4.69, 9.17) is 0 Å². The van der Waals surface area contributed by atoms with Gasteiger partial charge in [-0.3, -0.25) is 14.5 Å². The molecule has 3 aromatic carbocycles. The van der Waals surface area contributed by atoms with Gasteiger partial charge in [0.05, 0.1) is 0 Å². The van der Waals surface area contributed by atoms with Gasteiger partial charge in [0.25, 0.3) is 11.8 Å². The number of carbonyl (C=O) groups excluding carboxylic acids is 2. The largest absolute Gasteiger partial charge is 0.348 e. The Morgan fingerprint density at radius 3 is 2.19 bits per heavy atom. The number of nitrogens with zero attached hydrogens (tertiary/aromatic N) is 1. The van der Waals surface area contributed by atoms with Gasteiger partial charge in [-0.25, -0.2) is 0 Å². The summed E-state index contributed by atoms with van der Waals surface area (Å²) in [6.07, 6.45) is 0. The fraction of sp³-hybridized carbons (Fsp3) is 0.231. The molecule has 0 fully saturated rings. The summed E-state index contributed by atoms with van der Waals surface area (Å²) in [5.41, 5.74) is 3.99. The van der Waals surface area contributed by atoms with Gasteiger partial charge in [-0.05, 0) is 89.3 Å². The summed E-state index contributed by atoms with van der Waals surface area (Å²) in [7, 11) is 0. The molecular formula is C26H28IN3O2. The van der Waals surface area contributed by atoms with Crippen molar-refractivity contribution in [3.05, 3.63) is 98.6 Å². The number of hydrogen-bond donors (Lipinski definition) is 2. The van der Waals surface area contributed by atoms with Gasteiger partial charge in [0.15, 0.2) is 0 Å². The molecule has 166 valence electrons. The van der Waals surface area contributed by atoms with Crippen molar-refractivity contribution in [3.63, 3.8) is 0 Å². The second-order valence-electron chi connectivity index (χ2n) is 7.45. The van der Waals surface area contributed by atoms with Crippen LogP contribution in [0.1, 0.15) is 45.7 Å². The lowest BCUT2D eigenvalue weighted by atomic mass is 10.1. The molecule has 0 radical (unpaired) electrons. The number of carbonyl (C=O) groups is 2. The standard InChI is InChI=1S/C26H28IN3O2/c1-3-30(4-2)18-22-9-6-5-8-21(22)17-28-25(31)20-10-7-11-24(16-20)29-26(32)19-12-14-23(27)15-13-19/h5-16H,3-4,17-18H2,1-2H3,(H,28,31)(H,29,32). The number of benzene rings is 3. The van der Waals surface area contributed by atoms with E-state index in [1.54, 1.807) is 36.4 Å². The number of halogens is 1. The monoisotopic (exact) mass is 541 g/mol.